The molecule has 0 saturated carbocycles. The minimum atomic E-state index is -0.391. The van der Waals surface area contributed by atoms with Gasteiger partial charge in [-0.2, -0.15) is 0 Å². The first-order valence-electron chi connectivity index (χ1n) is 8.84. The second-order valence-electron chi connectivity index (χ2n) is 6.73. The molecule has 0 spiro atoms. The Morgan fingerprint density at radius 2 is 2.24 bits per heavy atom. The lowest BCUT2D eigenvalue weighted by Gasteiger charge is -2.19. The monoisotopic (exact) mass is 346 g/mol. The number of aldehydes is 1. The summed E-state index contributed by atoms with van der Waals surface area (Å²) < 4.78 is 10.8. The number of fused-ring (bicyclic) bond motifs is 1. The molecule has 2 aliphatic rings. The van der Waals surface area contributed by atoms with E-state index in [1.54, 1.807) is 0 Å². The van der Waals surface area contributed by atoms with Crippen LogP contribution in [0.5, 0.6) is 0 Å². The van der Waals surface area contributed by atoms with Crippen molar-refractivity contribution in [3.8, 4) is 0 Å². The number of esters is 2. The molecule has 0 radical (unpaired) electrons. The van der Waals surface area contributed by atoms with Crippen LogP contribution in [0, 0.1) is 11.8 Å². The van der Waals surface area contributed by atoms with Gasteiger partial charge in [0.05, 0.1) is 5.92 Å². The molecule has 0 N–H and O–H groups in total. The Bertz CT molecular complexity index is 614. The van der Waals surface area contributed by atoms with E-state index in [1.165, 1.54) is 0 Å². The Labute approximate surface area is 148 Å². The van der Waals surface area contributed by atoms with Crippen molar-refractivity contribution in [3.63, 3.8) is 0 Å². The third-order valence-corrected chi connectivity index (χ3v) is 4.95. The van der Waals surface area contributed by atoms with Crippen molar-refractivity contribution in [1.29, 1.82) is 0 Å². The van der Waals surface area contributed by atoms with Crippen LogP contribution in [0.4, 0.5) is 0 Å². The number of carbonyl (C=O) groups is 3. The lowest BCUT2D eigenvalue weighted by molar-refractivity contribution is -0.147. The van der Waals surface area contributed by atoms with Crippen LogP contribution >= 0.6 is 0 Å². The molecule has 1 unspecified atom stereocenters. The number of rotatable bonds is 5. The molecule has 1 aliphatic heterocycles. The Balaban J connectivity index is 2.12. The van der Waals surface area contributed by atoms with Crippen molar-refractivity contribution in [3.05, 3.63) is 35.5 Å². The average Bonchev–Trinajstić information content (AvgIpc) is 2.88. The first-order chi connectivity index (χ1) is 12.0. The lowest BCUT2D eigenvalue weighted by atomic mass is 9.88. The molecule has 1 heterocycles. The molecule has 0 aromatic rings. The van der Waals surface area contributed by atoms with Gasteiger partial charge < -0.3 is 9.47 Å². The van der Waals surface area contributed by atoms with Gasteiger partial charge in [-0.1, -0.05) is 32.6 Å². The molecule has 1 fully saturated rings. The summed E-state index contributed by atoms with van der Waals surface area (Å²) in [7, 11) is 0. The van der Waals surface area contributed by atoms with E-state index >= 15 is 0 Å². The number of hydrogen-bond donors (Lipinski definition) is 0. The summed E-state index contributed by atoms with van der Waals surface area (Å²) in [5.41, 5.74) is 2.07. The van der Waals surface area contributed by atoms with Gasteiger partial charge in [-0.05, 0) is 36.8 Å². The normalized spacial score (nSPS) is 29.4. The van der Waals surface area contributed by atoms with Crippen LogP contribution in [-0.4, -0.2) is 30.9 Å². The van der Waals surface area contributed by atoms with Gasteiger partial charge in [-0.3, -0.25) is 9.59 Å². The fourth-order valence-corrected chi connectivity index (χ4v) is 3.00. The molecule has 2 rings (SSSR count). The van der Waals surface area contributed by atoms with E-state index in [1.807, 2.05) is 26.0 Å². The molecular weight excluding hydrogens is 320 g/mol. The number of allylic oxidation sites excluding steroid dienone is 2. The largest absolute Gasteiger partial charge is 0.461 e. The molecule has 0 aromatic carbocycles. The maximum Gasteiger partial charge on any atom is 0.334 e. The van der Waals surface area contributed by atoms with Gasteiger partial charge in [0.2, 0.25) is 0 Å². The summed E-state index contributed by atoms with van der Waals surface area (Å²) in [6.45, 7) is 7.87. The third kappa shape index (κ3) is 4.91. The Morgan fingerprint density at radius 3 is 2.92 bits per heavy atom. The maximum absolute atomic E-state index is 11.9. The number of carbonyl (C=O) groups excluding carboxylic acids is 3. The molecule has 5 heteroatoms. The summed E-state index contributed by atoms with van der Waals surface area (Å²) in [5.74, 6) is -0.857. The van der Waals surface area contributed by atoms with Gasteiger partial charge in [-0.25, -0.2) is 4.79 Å². The van der Waals surface area contributed by atoms with Crippen molar-refractivity contribution in [2.24, 2.45) is 11.8 Å². The molecule has 1 aliphatic carbocycles. The van der Waals surface area contributed by atoms with Crippen molar-refractivity contribution in [2.75, 3.05) is 6.61 Å². The van der Waals surface area contributed by atoms with E-state index in [0.717, 1.165) is 18.3 Å². The summed E-state index contributed by atoms with van der Waals surface area (Å²) in [4.78, 5) is 35.0. The zero-order valence-corrected chi connectivity index (χ0v) is 15.0. The minimum absolute atomic E-state index is 0.119. The minimum Gasteiger partial charge on any atom is -0.461 e. The van der Waals surface area contributed by atoms with E-state index in [4.69, 9.17) is 9.47 Å². The zero-order chi connectivity index (χ0) is 18.4. The highest BCUT2D eigenvalue weighted by Gasteiger charge is 2.38. The molecule has 3 atom stereocenters. The zero-order valence-electron chi connectivity index (χ0n) is 15.0. The Kier molecular flexibility index (Phi) is 6.73. The van der Waals surface area contributed by atoms with E-state index in [-0.39, 0.29) is 30.5 Å². The molecule has 1 saturated heterocycles. The summed E-state index contributed by atoms with van der Waals surface area (Å²) in [6.07, 6.45) is 7.52. The van der Waals surface area contributed by atoms with Gasteiger partial charge in [0.25, 0.3) is 0 Å². The van der Waals surface area contributed by atoms with Gasteiger partial charge >= 0.3 is 11.9 Å². The summed E-state index contributed by atoms with van der Waals surface area (Å²) in [6, 6.07) is 0. The second-order valence-corrected chi connectivity index (χ2v) is 6.73. The SMILES string of the molecule is C=C1C(=O)O[C@H]2C/C(C=O)=C\CC/C(COC(=O)C(C)CC)=C/C[C@H]12. The van der Waals surface area contributed by atoms with Crippen LogP contribution in [0.1, 0.15) is 46.0 Å². The van der Waals surface area contributed by atoms with Crippen molar-refractivity contribution < 1.29 is 23.9 Å². The van der Waals surface area contributed by atoms with Crippen LogP contribution in [-0.2, 0) is 23.9 Å². The molecule has 25 heavy (non-hydrogen) atoms. The first kappa shape index (κ1) is 19.2. The van der Waals surface area contributed by atoms with Crippen LogP contribution < -0.4 is 0 Å². The van der Waals surface area contributed by atoms with E-state index in [0.29, 0.717) is 36.8 Å². The predicted molar refractivity (Wildman–Crippen MR) is 93.6 cm³/mol. The molecule has 0 aromatic heterocycles. The van der Waals surface area contributed by atoms with Crippen LogP contribution in [0.15, 0.2) is 35.5 Å². The number of hydrogen-bond acceptors (Lipinski definition) is 5. The molecule has 0 amide bonds. The highest BCUT2D eigenvalue weighted by Crippen LogP contribution is 2.34. The van der Waals surface area contributed by atoms with E-state index in [2.05, 4.69) is 6.58 Å². The predicted octanol–water partition coefficient (Wildman–Crippen LogP) is 3.30. The lowest BCUT2D eigenvalue weighted by Crippen LogP contribution is -2.19. The van der Waals surface area contributed by atoms with Gasteiger partial charge in [-0.15, -0.1) is 0 Å². The van der Waals surface area contributed by atoms with Crippen molar-refractivity contribution in [2.45, 2.75) is 52.1 Å². The summed E-state index contributed by atoms with van der Waals surface area (Å²) in [5, 5.41) is 0. The molecule has 136 valence electrons. The van der Waals surface area contributed by atoms with Crippen molar-refractivity contribution >= 4 is 18.2 Å². The quantitative estimate of drug-likeness (QED) is 0.331. The van der Waals surface area contributed by atoms with Crippen LogP contribution in [0.3, 0.4) is 0 Å². The Morgan fingerprint density at radius 1 is 1.48 bits per heavy atom. The third-order valence-electron chi connectivity index (χ3n) is 4.95. The summed E-state index contributed by atoms with van der Waals surface area (Å²) >= 11 is 0. The number of ether oxygens (including phenoxy) is 2. The van der Waals surface area contributed by atoms with E-state index < -0.39 is 5.97 Å². The fraction of sp³-hybridized carbons (Fsp3) is 0.550. The molecule has 0 bridgehead atoms. The van der Waals surface area contributed by atoms with Crippen LogP contribution in [0.2, 0.25) is 0 Å². The molecule has 5 nitrogen and oxygen atoms in total. The van der Waals surface area contributed by atoms with Gasteiger partial charge in [0.1, 0.15) is 19.0 Å². The fourth-order valence-electron chi connectivity index (χ4n) is 3.00. The van der Waals surface area contributed by atoms with Gasteiger partial charge in [0.15, 0.2) is 0 Å². The topological polar surface area (TPSA) is 69.7 Å². The molecular formula is C20H26O5. The highest BCUT2D eigenvalue weighted by atomic mass is 16.6. The van der Waals surface area contributed by atoms with Crippen LogP contribution in [0.25, 0.3) is 0 Å². The average molecular weight is 346 g/mol. The van der Waals surface area contributed by atoms with Crippen molar-refractivity contribution in [1.82, 2.24) is 0 Å². The second kappa shape index (κ2) is 8.79. The van der Waals surface area contributed by atoms with E-state index in [9.17, 15) is 14.4 Å². The Hall–Kier alpha value is -2.17. The maximum atomic E-state index is 11.9. The standard InChI is InChI=1S/C20H26O5/c1-4-13(2)19(22)24-12-15-6-5-7-16(11-21)10-18-17(9-8-15)14(3)20(23)25-18/h7-8,11,13,17-18H,3-6,9-10,12H2,1-2H3/b15-8-,16-7+/t13?,17-,18+/m1/s1. The van der Waals surface area contributed by atoms with Gasteiger partial charge in [0, 0.05) is 17.9 Å². The first-order valence-corrected chi connectivity index (χ1v) is 8.84. The smallest absolute Gasteiger partial charge is 0.334 e. The highest BCUT2D eigenvalue weighted by molar-refractivity contribution is 5.91.